The van der Waals surface area contributed by atoms with Gasteiger partial charge in [-0.25, -0.2) is 9.18 Å². The Morgan fingerprint density at radius 2 is 1.70 bits per heavy atom. The second-order valence-corrected chi connectivity index (χ2v) is 10.3. The fraction of sp³-hybridized carbons (Fsp3) is 0.562. The van der Waals surface area contributed by atoms with E-state index in [0.717, 1.165) is 75.3 Å². The minimum atomic E-state index is -1.48. The lowest BCUT2D eigenvalue weighted by atomic mass is 9.83. The number of carbonyl (C=O) groups excluding carboxylic acids is 1. The lowest BCUT2D eigenvalue weighted by Gasteiger charge is -2.28. The summed E-state index contributed by atoms with van der Waals surface area (Å²) in [5.74, 6) is 0.594. The zero-order chi connectivity index (χ0) is 26.5. The normalized spacial score (nSPS) is 18.1. The smallest absolute Gasteiger partial charge is 0.340 e. The number of esters is 1. The van der Waals surface area contributed by atoms with Gasteiger partial charge in [-0.15, -0.1) is 0 Å². The molecule has 0 bridgehead atoms. The summed E-state index contributed by atoms with van der Waals surface area (Å²) < 4.78 is 25.1. The van der Waals surface area contributed by atoms with Crippen LogP contribution in [-0.2, 0) is 16.0 Å². The molecule has 4 nitrogen and oxygen atoms in total. The summed E-state index contributed by atoms with van der Waals surface area (Å²) in [7, 11) is 0. The van der Waals surface area contributed by atoms with Gasteiger partial charge in [-0.1, -0.05) is 69.9 Å². The third-order valence-electron chi connectivity index (χ3n) is 7.38. The Morgan fingerprint density at radius 3 is 2.38 bits per heavy atom. The van der Waals surface area contributed by atoms with Crippen LogP contribution in [0.15, 0.2) is 42.5 Å². The van der Waals surface area contributed by atoms with Crippen molar-refractivity contribution in [2.45, 2.75) is 103 Å². The third kappa shape index (κ3) is 9.18. The number of carbonyl (C=O) groups is 1. The van der Waals surface area contributed by atoms with Gasteiger partial charge in [0.15, 0.2) is 6.17 Å². The zero-order valence-electron chi connectivity index (χ0n) is 22.5. The van der Waals surface area contributed by atoms with Crippen LogP contribution < -0.4 is 4.74 Å². The van der Waals surface area contributed by atoms with Gasteiger partial charge in [0, 0.05) is 0 Å². The highest BCUT2D eigenvalue weighted by Gasteiger charge is 2.27. The largest absolute Gasteiger partial charge is 0.492 e. The van der Waals surface area contributed by atoms with Gasteiger partial charge in [-0.3, -0.25) is 0 Å². The first kappa shape index (κ1) is 28.7. The maximum absolute atomic E-state index is 13.9. The number of unbranched alkanes of at least 4 members (excludes halogenated alkanes) is 3. The van der Waals surface area contributed by atoms with Crippen LogP contribution in [0.2, 0.25) is 0 Å². The van der Waals surface area contributed by atoms with E-state index in [1.54, 1.807) is 0 Å². The second kappa shape index (κ2) is 15.4. The van der Waals surface area contributed by atoms with Gasteiger partial charge in [-0.2, -0.15) is 5.26 Å². The molecule has 0 spiro atoms. The van der Waals surface area contributed by atoms with Crippen LogP contribution in [0, 0.1) is 17.2 Å². The van der Waals surface area contributed by atoms with Crippen molar-refractivity contribution < 1.29 is 18.7 Å². The van der Waals surface area contributed by atoms with E-state index in [1.165, 1.54) is 5.56 Å². The molecule has 0 aromatic heterocycles. The molecule has 2 aromatic carbocycles. The van der Waals surface area contributed by atoms with Crippen molar-refractivity contribution in [1.29, 1.82) is 5.26 Å². The first-order valence-corrected chi connectivity index (χ1v) is 14.1. The molecule has 0 heterocycles. The molecule has 0 radical (unpaired) electrons. The van der Waals surface area contributed by atoms with Crippen molar-refractivity contribution in [2.24, 2.45) is 5.92 Å². The van der Waals surface area contributed by atoms with Crippen molar-refractivity contribution in [1.82, 2.24) is 0 Å². The molecule has 1 atom stereocenters. The molecule has 200 valence electrons. The molecular weight excluding hydrogens is 465 g/mol. The second-order valence-electron chi connectivity index (χ2n) is 10.3. The Labute approximate surface area is 222 Å². The van der Waals surface area contributed by atoms with Gasteiger partial charge in [0.1, 0.15) is 17.9 Å². The molecule has 5 heteroatoms. The van der Waals surface area contributed by atoms with E-state index in [9.17, 15) is 14.4 Å². The molecular formula is C32H42FNO3. The number of halogens is 1. The van der Waals surface area contributed by atoms with E-state index in [2.05, 4.69) is 37.3 Å². The van der Waals surface area contributed by atoms with Crippen LogP contribution in [0.1, 0.15) is 95.6 Å². The molecule has 0 unspecified atom stereocenters. The highest BCUT2D eigenvalue weighted by atomic mass is 19.1. The first-order valence-electron chi connectivity index (χ1n) is 14.1. The van der Waals surface area contributed by atoms with Crippen molar-refractivity contribution in [2.75, 3.05) is 6.61 Å². The average Bonchev–Trinajstić information content (AvgIpc) is 2.94. The first-order chi connectivity index (χ1) is 18.0. The van der Waals surface area contributed by atoms with Gasteiger partial charge in [0.25, 0.3) is 0 Å². The summed E-state index contributed by atoms with van der Waals surface area (Å²) >= 11 is 0. The molecule has 1 aliphatic carbocycles. The quantitative estimate of drug-likeness (QED) is 0.190. The molecule has 3 rings (SSSR count). The number of nitriles is 1. The number of alkyl halides is 1. The van der Waals surface area contributed by atoms with Crippen molar-refractivity contribution in [3.63, 3.8) is 0 Å². The number of aryl methyl sites for hydroxylation is 1. The minimum Gasteiger partial charge on any atom is -0.492 e. The number of ether oxygens (including phenoxy) is 2. The topological polar surface area (TPSA) is 59.3 Å². The van der Waals surface area contributed by atoms with Crippen LogP contribution in [0.25, 0.3) is 11.1 Å². The van der Waals surface area contributed by atoms with E-state index in [-0.39, 0.29) is 12.5 Å². The Balaban J connectivity index is 1.44. The Bertz CT molecular complexity index is 1010. The van der Waals surface area contributed by atoms with Crippen LogP contribution in [0.4, 0.5) is 4.39 Å². The average molecular weight is 508 g/mol. The van der Waals surface area contributed by atoms with E-state index in [4.69, 9.17) is 9.47 Å². The maximum atomic E-state index is 13.9. The van der Waals surface area contributed by atoms with Crippen LogP contribution >= 0.6 is 0 Å². The molecule has 1 aliphatic rings. The van der Waals surface area contributed by atoms with Crippen LogP contribution in [-0.4, -0.2) is 24.9 Å². The summed E-state index contributed by atoms with van der Waals surface area (Å²) in [6.45, 7) is 4.79. The molecule has 0 amide bonds. The van der Waals surface area contributed by atoms with E-state index in [0.29, 0.717) is 30.3 Å². The molecule has 0 N–H and O–H groups in total. The van der Waals surface area contributed by atoms with Crippen molar-refractivity contribution >= 4 is 5.97 Å². The number of hydrogen-bond acceptors (Lipinski definition) is 4. The summed E-state index contributed by atoms with van der Waals surface area (Å²) in [4.78, 5) is 11.9. The lowest BCUT2D eigenvalue weighted by Crippen LogP contribution is -2.29. The van der Waals surface area contributed by atoms with E-state index >= 15 is 0 Å². The van der Waals surface area contributed by atoms with Gasteiger partial charge in [0.2, 0.25) is 0 Å². The molecule has 1 fully saturated rings. The number of nitrogens with zero attached hydrogens (tertiary/aromatic N) is 1. The Morgan fingerprint density at radius 1 is 1.00 bits per heavy atom. The van der Waals surface area contributed by atoms with Crippen LogP contribution in [0.3, 0.4) is 0 Å². The maximum Gasteiger partial charge on any atom is 0.340 e. The van der Waals surface area contributed by atoms with Gasteiger partial charge < -0.3 is 9.47 Å². The third-order valence-corrected chi connectivity index (χ3v) is 7.38. The molecule has 1 saturated carbocycles. The highest BCUT2D eigenvalue weighted by Crippen LogP contribution is 2.31. The number of rotatable bonds is 14. The molecule has 37 heavy (non-hydrogen) atoms. The number of hydrogen-bond donors (Lipinski definition) is 0. The van der Waals surface area contributed by atoms with Gasteiger partial charge in [0.05, 0.1) is 12.2 Å². The Kier molecular flexibility index (Phi) is 11.9. The zero-order valence-corrected chi connectivity index (χ0v) is 22.5. The summed E-state index contributed by atoms with van der Waals surface area (Å²) in [6.07, 6.45) is 9.33. The fourth-order valence-electron chi connectivity index (χ4n) is 4.97. The predicted octanol–water partition coefficient (Wildman–Crippen LogP) is 8.36. The molecule has 0 aliphatic heterocycles. The Hall–Kier alpha value is -2.87. The summed E-state index contributed by atoms with van der Waals surface area (Å²) in [5.41, 5.74) is 3.97. The molecule has 0 saturated heterocycles. The minimum absolute atomic E-state index is 0.130. The fourth-order valence-corrected chi connectivity index (χ4v) is 4.97. The van der Waals surface area contributed by atoms with E-state index in [1.807, 2.05) is 25.1 Å². The highest BCUT2D eigenvalue weighted by molar-refractivity contribution is 5.74. The molecule has 2 aromatic rings. The summed E-state index contributed by atoms with van der Waals surface area (Å²) in [5, 5.41) is 9.57. The van der Waals surface area contributed by atoms with Gasteiger partial charge >= 0.3 is 5.97 Å². The van der Waals surface area contributed by atoms with Gasteiger partial charge in [-0.05, 0) is 86.1 Å². The standard InChI is InChI=1S/C32H42FNO3/c1-3-5-7-21-36-31-20-17-27(22-28(31)23-34)26-15-11-24(12-16-26)9-10-25-13-18-29(19-14-25)37-32(35)30(33)8-6-4-2/h11-12,15-17,20,22,25,29-30H,3-10,13-14,18-19,21H2,1-2H3/t25?,29?,30-/m0/s1. The monoisotopic (exact) mass is 507 g/mol. The van der Waals surface area contributed by atoms with E-state index < -0.39 is 12.1 Å². The summed E-state index contributed by atoms with van der Waals surface area (Å²) in [6, 6.07) is 16.7. The lowest BCUT2D eigenvalue weighted by molar-refractivity contribution is -0.157. The number of benzene rings is 2. The predicted molar refractivity (Wildman–Crippen MR) is 146 cm³/mol. The van der Waals surface area contributed by atoms with Crippen molar-refractivity contribution in [3.05, 3.63) is 53.6 Å². The SMILES string of the molecule is CCCCCOc1ccc(-c2ccc(CCC3CCC(OC(=O)[C@@H](F)CCCC)CC3)cc2)cc1C#N. The van der Waals surface area contributed by atoms with Crippen LogP contribution in [0.5, 0.6) is 5.75 Å². The van der Waals surface area contributed by atoms with Crippen molar-refractivity contribution in [3.8, 4) is 22.9 Å².